The van der Waals surface area contributed by atoms with Crippen LogP contribution in [0.5, 0.6) is 0 Å². The van der Waals surface area contributed by atoms with Crippen LogP contribution in [-0.4, -0.2) is 7.85 Å². The molecule has 126 valence electrons. The maximum Gasteiger partial charge on any atom is 0.113 e. The van der Waals surface area contributed by atoms with Crippen molar-refractivity contribution >= 4 is 61.9 Å². The van der Waals surface area contributed by atoms with Crippen LogP contribution in [0.2, 0.25) is 0 Å². The molecule has 5 aromatic rings. The molecule has 1 nitrogen and oxygen atoms in total. The first-order valence-corrected chi connectivity index (χ1v) is 9.73. The van der Waals surface area contributed by atoms with E-state index in [1.165, 1.54) is 20.2 Å². The lowest BCUT2D eigenvalue weighted by Crippen LogP contribution is -2.09. The smallest absolute Gasteiger partial charge is 0.113 e. The van der Waals surface area contributed by atoms with E-state index in [1.54, 1.807) is 0 Å². The zero-order valence-electron chi connectivity index (χ0n) is 14.7. The van der Waals surface area contributed by atoms with Crippen molar-refractivity contribution in [2.75, 3.05) is 4.90 Å². The Balaban J connectivity index is 1.75. The molecule has 0 aliphatic heterocycles. The highest BCUT2D eigenvalue weighted by atomic mass is 32.1. The standard InChI is InChI=1S/C24H16BNS/c25-17-11-13-23-21(15-17)22-16-20(12-14-24(22)27-23)26(18-7-3-1-4-8-18)19-9-5-2-6-10-19/h1-16H. The second-order valence-electron chi connectivity index (χ2n) is 6.54. The van der Waals surface area contributed by atoms with Crippen molar-refractivity contribution in [2.24, 2.45) is 0 Å². The minimum atomic E-state index is 0.801. The summed E-state index contributed by atoms with van der Waals surface area (Å²) in [5.74, 6) is 0. The van der Waals surface area contributed by atoms with E-state index < -0.39 is 0 Å². The number of thiophene rings is 1. The molecule has 3 heteroatoms. The second-order valence-corrected chi connectivity index (χ2v) is 7.63. The van der Waals surface area contributed by atoms with Crippen molar-refractivity contribution in [1.29, 1.82) is 0 Å². The van der Waals surface area contributed by atoms with Gasteiger partial charge in [-0.3, -0.25) is 0 Å². The number of hydrogen-bond donors (Lipinski definition) is 0. The number of nitrogens with zero attached hydrogens (tertiary/aromatic N) is 1. The Kier molecular flexibility index (Phi) is 3.95. The Morgan fingerprint density at radius 3 is 1.74 bits per heavy atom. The van der Waals surface area contributed by atoms with Gasteiger partial charge < -0.3 is 4.90 Å². The summed E-state index contributed by atoms with van der Waals surface area (Å²) in [5.41, 5.74) is 4.22. The maximum atomic E-state index is 6.05. The second kappa shape index (κ2) is 6.60. The number of para-hydroxylation sites is 2. The Hall–Kier alpha value is -3.04. The van der Waals surface area contributed by atoms with Crippen LogP contribution in [0, 0.1) is 0 Å². The van der Waals surface area contributed by atoms with E-state index in [0.29, 0.717) is 0 Å². The minimum Gasteiger partial charge on any atom is -0.310 e. The molecule has 0 spiro atoms. The molecule has 0 N–H and O–H groups in total. The van der Waals surface area contributed by atoms with Gasteiger partial charge in [-0.1, -0.05) is 54.0 Å². The van der Waals surface area contributed by atoms with Crippen molar-refractivity contribution in [3.05, 3.63) is 97.1 Å². The maximum absolute atomic E-state index is 6.05. The van der Waals surface area contributed by atoms with Crippen LogP contribution in [0.3, 0.4) is 0 Å². The fourth-order valence-corrected chi connectivity index (χ4v) is 4.59. The molecular weight excluding hydrogens is 345 g/mol. The lowest BCUT2D eigenvalue weighted by atomic mass is 9.94. The molecule has 5 rings (SSSR count). The molecule has 0 amide bonds. The van der Waals surface area contributed by atoms with Crippen molar-refractivity contribution in [2.45, 2.75) is 0 Å². The van der Waals surface area contributed by atoms with E-state index in [-0.39, 0.29) is 0 Å². The molecule has 2 radical (unpaired) electrons. The van der Waals surface area contributed by atoms with E-state index in [2.05, 4.69) is 83.8 Å². The Labute approximate surface area is 163 Å². The molecule has 0 atom stereocenters. The molecule has 0 unspecified atom stereocenters. The van der Waals surface area contributed by atoms with Gasteiger partial charge in [0.25, 0.3) is 0 Å². The third-order valence-electron chi connectivity index (χ3n) is 4.76. The van der Waals surface area contributed by atoms with Gasteiger partial charge in [0.15, 0.2) is 0 Å². The highest BCUT2D eigenvalue weighted by Crippen LogP contribution is 2.39. The molecule has 0 saturated carbocycles. The van der Waals surface area contributed by atoms with Crippen LogP contribution in [0.15, 0.2) is 97.1 Å². The monoisotopic (exact) mass is 361 g/mol. The molecule has 0 aliphatic rings. The molecule has 4 aromatic carbocycles. The van der Waals surface area contributed by atoms with E-state index in [0.717, 1.165) is 22.5 Å². The molecule has 0 aliphatic carbocycles. The van der Waals surface area contributed by atoms with E-state index in [4.69, 9.17) is 7.85 Å². The topological polar surface area (TPSA) is 3.24 Å². The lowest BCUT2D eigenvalue weighted by molar-refractivity contribution is 1.29. The van der Waals surface area contributed by atoms with Crippen LogP contribution in [0.25, 0.3) is 20.2 Å². The van der Waals surface area contributed by atoms with Crippen LogP contribution in [0.1, 0.15) is 0 Å². The van der Waals surface area contributed by atoms with E-state index in [9.17, 15) is 0 Å². The average Bonchev–Trinajstić information content (AvgIpc) is 3.07. The van der Waals surface area contributed by atoms with Gasteiger partial charge in [-0.15, -0.1) is 11.3 Å². The Morgan fingerprint density at radius 2 is 1.11 bits per heavy atom. The number of rotatable bonds is 3. The van der Waals surface area contributed by atoms with Crippen LogP contribution < -0.4 is 10.4 Å². The van der Waals surface area contributed by atoms with Gasteiger partial charge in [0.1, 0.15) is 7.85 Å². The van der Waals surface area contributed by atoms with Crippen molar-refractivity contribution in [1.82, 2.24) is 0 Å². The van der Waals surface area contributed by atoms with Crippen LogP contribution in [0.4, 0.5) is 17.1 Å². The summed E-state index contributed by atoms with van der Waals surface area (Å²) in [7, 11) is 6.05. The molecule has 0 saturated heterocycles. The predicted molar refractivity (Wildman–Crippen MR) is 119 cm³/mol. The first-order chi connectivity index (χ1) is 13.3. The molecule has 1 heterocycles. The summed E-state index contributed by atoms with van der Waals surface area (Å²) < 4.78 is 2.54. The molecule has 0 fully saturated rings. The van der Waals surface area contributed by atoms with Crippen LogP contribution in [-0.2, 0) is 0 Å². The van der Waals surface area contributed by atoms with Gasteiger partial charge in [0.05, 0.1) is 0 Å². The summed E-state index contributed by atoms with van der Waals surface area (Å²) in [6.45, 7) is 0. The van der Waals surface area contributed by atoms with Gasteiger partial charge in [-0.2, -0.15) is 0 Å². The van der Waals surface area contributed by atoms with Gasteiger partial charge in [0.2, 0.25) is 0 Å². The predicted octanol–water partition coefficient (Wildman–Crippen LogP) is 6.32. The quantitative estimate of drug-likeness (QED) is 0.340. The van der Waals surface area contributed by atoms with Gasteiger partial charge in [0, 0.05) is 31.8 Å². The molecule has 1 aromatic heterocycles. The summed E-state index contributed by atoms with van der Waals surface area (Å²) in [6, 6.07) is 33.8. The molecular formula is C24H16BNS. The highest BCUT2D eigenvalue weighted by Gasteiger charge is 2.14. The fraction of sp³-hybridized carbons (Fsp3) is 0. The summed E-state index contributed by atoms with van der Waals surface area (Å²) in [6.07, 6.45) is 0. The zero-order valence-corrected chi connectivity index (χ0v) is 15.5. The largest absolute Gasteiger partial charge is 0.310 e. The summed E-state index contributed by atoms with van der Waals surface area (Å²) in [4.78, 5) is 2.29. The van der Waals surface area contributed by atoms with Gasteiger partial charge in [-0.25, -0.2) is 0 Å². The van der Waals surface area contributed by atoms with Gasteiger partial charge >= 0.3 is 0 Å². The third kappa shape index (κ3) is 2.90. The van der Waals surface area contributed by atoms with E-state index in [1.807, 2.05) is 29.5 Å². The fourth-order valence-electron chi connectivity index (χ4n) is 3.52. The summed E-state index contributed by atoms with van der Waals surface area (Å²) >= 11 is 1.81. The first kappa shape index (κ1) is 16.2. The summed E-state index contributed by atoms with van der Waals surface area (Å²) in [5, 5.41) is 2.47. The van der Waals surface area contributed by atoms with Crippen molar-refractivity contribution in [3.8, 4) is 0 Å². The average molecular weight is 361 g/mol. The number of fused-ring (bicyclic) bond motifs is 3. The third-order valence-corrected chi connectivity index (χ3v) is 5.92. The Morgan fingerprint density at radius 1 is 0.556 bits per heavy atom. The highest BCUT2D eigenvalue weighted by molar-refractivity contribution is 7.25. The minimum absolute atomic E-state index is 0.801. The van der Waals surface area contributed by atoms with Crippen molar-refractivity contribution < 1.29 is 0 Å². The lowest BCUT2D eigenvalue weighted by Gasteiger charge is -2.25. The number of hydrogen-bond acceptors (Lipinski definition) is 2. The Bertz CT molecular complexity index is 1190. The SMILES string of the molecule is [B]c1ccc2sc3ccc(N(c4ccccc4)c4ccccc4)cc3c2c1. The van der Waals surface area contributed by atoms with Gasteiger partial charge in [-0.05, 0) is 53.9 Å². The molecule has 27 heavy (non-hydrogen) atoms. The number of anilines is 3. The van der Waals surface area contributed by atoms with Crippen LogP contribution >= 0.6 is 11.3 Å². The number of benzene rings is 4. The first-order valence-electron chi connectivity index (χ1n) is 8.92. The molecule has 0 bridgehead atoms. The van der Waals surface area contributed by atoms with Crippen molar-refractivity contribution in [3.63, 3.8) is 0 Å². The normalized spacial score (nSPS) is 11.1. The zero-order chi connectivity index (χ0) is 18.2. The van der Waals surface area contributed by atoms with E-state index >= 15 is 0 Å².